The minimum atomic E-state index is -0.421. The zero-order valence-electron chi connectivity index (χ0n) is 8.25. The lowest BCUT2D eigenvalue weighted by molar-refractivity contribution is -0.122. The average Bonchev–Trinajstić information content (AvgIpc) is 1.85. The number of hydrogen-bond donors (Lipinski definition) is 1. The molecule has 0 heterocycles. The predicted octanol–water partition coefficient (Wildman–Crippen LogP) is 0.951. The third-order valence-corrected chi connectivity index (χ3v) is 1.42. The Hall–Kier alpha value is -1.06. The van der Waals surface area contributed by atoms with E-state index in [1.165, 1.54) is 4.90 Å². The summed E-state index contributed by atoms with van der Waals surface area (Å²) in [6.45, 7) is 5.47. The lowest BCUT2D eigenvalue weighted by atomic mass is 9.89. The fraction of sp³-hybridized carbons (Fsp3) is 0.750. The first-order valence-corrected chi connectivity index (χ1v) is 3.75. The van der Waals surface area contributed by atoms with E-state index in [0.29, 0.717) is 0 Å². The number of carbonyl (C=O) groups is 1. The van der Waals surface area contributed by atoms with Gasteiger partial charge in [-0.15, -0.1) is 0 Å². The van der Waals surface area contributed by atoms with Gasteiger partial charge in [0.05, 0.1) is 0 Å². The first kappa shape index (κ1) is 10.9. The largest absolute Gasteiger partial charge is 0.410 e. The van der Waals surface area contributed by atoms with Gasteiger partial charge < -0.3 is 10.1 Å². The molecule has 0 fully saturated rings. The normalized spacial score (nSPS) is 12.9. The van der Waals surface area contributed by atoms with Crippen molar-refractivity contribution >= 4 is 11.6 Å². The fourth-order valence-electron chi connectivity index (χ4n) is 0.725. The van der Waals surface area contributed by atoms with Crippen molar-refractivity contribution in [1.29, 1.82) is 0 Å². The van der Waals surface area contributed by atoms with Crippen LogP contribution in [0.15, 0.2) is 5.16 Å². The standard InChI is InChI=1S/C8H16N2O2/c1-8(2,3)6(9-12)7(11)10(4)5/h12H,1-5H3. The molecule has 0 aromatic rings. The zero-order valence-corrected chi connectivity index (χ0v) is 8.25. The first-order valence-electron chi connectivity index (χ1n) is 3.75. The Labute approximate surface area is 72.9 Å². The average molecular weight is 172 g/mol. The van der Waals surface area contributed by atoms with E-state index in [2.05, 4.69) is 5.16 Å². The number of oxime groups is 1. The van der Waals surface area contributed by atoms with E-state index in [9.17, 15) is 4.79 Å². The molecule has 0 atom stereocenters. The minimum absolute atomic E-state index is 0.174. The molecule has 4 nitrogen and oxygen atoms in total. The Balaban J connectivity index is 4.73. The van der Waals surface area contributed by atoms with Crippen molar-refractivity contribution < 1.29 is 10.0 Å². The summed E-state index contributed by atoms with van der Waals surface area (Å²) in [6.07, 6.45) is 0. The van der Waals surface area contributed by atoms with Gasteiger partial charge in [-0.3, -0.25) is 4.79 Å². The van der Waals surface area contributed by atoms with Crippen molar-refractivity contribution in [3.63, 3.8) is 0 Å². The van der Waals surface area contributed by atoms with Crippen molar-refractivity contribution in [3.05, 3.63) is 0 Å². The van der Waals surface area contributed by atoms with E-state index in [-0.39, 0.29) is 11.6 Å². The molecule has 1 N–H and O–H groups in total. The Morgan fingerprint density at radius 1 is 1.33 bits per heavy atom. The molecular weight excluding hydrogens is 156 g/mol. The van der Waals surface area contributed by atoms with Crippen molar-refractivity contribution in [1.82, 2.24) is 4.90 Å². The second kappa shape index (κ2) is 3.56. The molecule has 0 aliphatic heterocycles. The van der Waals surface area contributed by atoms with Gasteiger partial charge in [-0.05, 0) is 0 Å². The van der Waals surface area contributed by atoms with Crippen LogP contribution in [0, 0.1) is 5.41 Å². The van der Waals surface area contributed by atoms with Crippen LogP contribution in [0.1, 0.15) is 20.8 Å². The summed E-state index contributed by atoms with van der Waals surface area (Å²) in [5, 5.41) is 11.6. The SMILES string of the molecule is CN(C)C(=O)C(=NO)C(C)(C)C. The van der Waals surface area contributed by atoms with Crippen LogP contribution in [0.25, 0.3) is 0 Å². The summed E-state index contributed by atoms with van der Waals surface area (Å²) < 4.78 is 0. The lowest BCUT2D eigenvalue weighted by Crippen LogP contribution is -2.37. The van der Waals surface area contributed by atoms with E-state index in [0.717, 1.165) is 0 Å². The summed E-state index contributed by atoms with van der Waals surface area (Å²) in [5.74, 6) is -0.259. The number of amides is 1. The summed E-state index contributed by atoms with van der Waals surface area (Å²) in [7, 11) is 3.25. The van der Waals surface area contributed by atoms with Gasteiger partial charge >= 0.3 is 0 Å². The summed E-state index contributed by atoms with van der Waals surface area (Å²) in [5.41, 5.74) is -0.247. The summed E-state index contributed by atoms with van der Waals surface area (Å²) >= 11 is 0. The Morgan fingerprint density at radius 2 is 1.75 bits per heavy atom. The molecule has 0 unspecified atom stereocenters. The molecule has 0 aliphatic carbocycles. The summed E-state index contributed by atoms with van der Waals surface area (Å²) in [6, 6.07) is 0. The summed E-state index contributed by atoms with van der Waals surface area (Å²) in [4.78, 5) is 12.7. The highest BCUT2D eigenvalue weighted by molar-refractivity contribution is 6.40. The maximum absolute atomic E-state index is 11.4. The molecule has 4 heteroatoms. The van der Waals surface area contributed by atoms with Crippen LogP contribution in [-0.2, 0) is 4.79 Å². The van der Waals surface area contributed by atoms with Crippen LogP contribution in [0.3, 0.4) is 0 Å². The topological polar surface area (TPSA) is 52.9 Å². The quantitative estimate of drug-likeness (QED) is 0.364. The van der Waals surface area contributed by atoms with E-state index >= 15 is 0 Å². The molecule has 12 heavy (non-hydrogen) atoms. The molecule has 0 aliphatic rings. The molecule has 70 valence electrons. The van der Waals surface area contributed by atoms with Crippen molar-refractivity contribution in [2.45, 2.75) is 20.8 Å². The number of hydrogen-bond acceptors (Lipinski definition) is 3. The molecule has 1 amide bonds. The van der Waals surface area contributed by atoms with Crippen molar-refractivity contribution in [2.75, 3.05) is 14.1 Å². The third-order valence-electron chi connectivity index (χ3n) is 1.42. The third kappa shape index (κ3) is 2.53. The molecule has 0 aromatic heterocycles. The van der Waals surface area contributed by atoms with Crippen molar-refractivity contribution in [2.24, 2.45) is 10.6 Å². The zero-order chi connectivity index (χ0) is 9.94. The second-order valence-electron chi connectivity index (χ2n) is 3.90. The van der Waals surface area contributed by atoms with Crippen LogP contribution in [0.5, 0.6) is 0 Å². The highest BCUT2D eigenvalue weighted by Crippen LogP contribution is 2.16. The van der Waals surface area contributed by atoms with E-state index < -0.39 is 5.41 Å². The Bertz CT molecular complexity index is 202. The van der Waals surface area contributed by atoms with Crippen LogP contribution < -0.4 is 0 Å². The van der Waals surface area contributed by atoms with Gasteiger partial charge in [0, 0.05) is 19.5 Å². The van der Waals surface area contributed by atoms with Gasteiger partial charge in [-0.1, -0.05) is 25.9 Å². The van der Waals surface area contributed by atoms with E-state index in [1.54, 1.807) is 14.1 Å². The molecular formula is C8H16N2O2. The van der Waals surface area contributed by atoms with Gasteiger partial charge in [0.1, 0.15) is 5.71 Å². The molecule has 0 bridgehead atoms. The van der Waals surface area contributed by atoms with E-state index in [4.69, 9.17) is 5.21 Å². The predicted molar refractivity (Wildman–Crippen MR) is 47.4 cm³/mol. The lowest BCUT2D eigenvalue weighted by Gasteiger charge is -2.21. The molecule has 0 spiro atoms. The highest BCUT2D eigenvalue weighted by atomic mass is 16.4. The Kier molecular flexibility index (Phi) is 3.24. The van der Waals surface area contributed by atoms with Crippen LogP contribution in [0.4, 0.5) is 0 Å². The minimum Gasteiger partial charge on any atom is -0.410 e. The van der Waals surface area contributed by atoms with Crippen LogP contribution >= 0.6 is 0 Å². The van der Waals surface area contributed by atoms with Crippen LogP contribution in [-0.4, -0.2) is 35.8 Å². The van der Waals surface area contributed by atoms with E-state index in [1.807, 2.05) is 20.8 Å². The van der Waals surface area contributed by atoms with Gasteiger partial charge in [-0.25, -0.2) is 0 Å². The van der Waals surface area contributed by atoms with Gasteiger partial charge in [0.15, 0.2) is 0 Å². The maximum Gasteiger partial charge on any atom is 0.271 e. The van der Waals surface area contributed by atoms with Crippen LogP contribution in [0.2, 0.25) is 0 Å². The molecule has 0 aromatic carbocycles. The maximum atomic E-state index is 11.4. The van der Waals surface area contributed by atoms with Gasteiger partial charge in [0.2, 0.25) is 0 Å². The molecule has 0 rings (SSSR count). The molecule has 0 saturated carbocycles. The van der Waals surface area contributed by atoms with Gasteiger partial charge in [0.25, 0.3) is 5.91 Å². The second-order valence-corrected chi connectivity index (χ2v) is 3.90. The molecule has 0 saturated heterocycles. The smallest absolute Gasteiger partial charge is 0.271 e. The highest BCUT2D eigenvalue weighted by Gasteiger charge is 2.27. The van der Waals surface area contributed by atoms with Gasteiger partial charge in [-0.2, -0.15) is 0 Å². The fourth-order valence-corrected chi connectivity index (χ4v) is 0.725. The molecule has 0 radical (unpaired) electrons. The Morgan fingerprint density at radius 3 is 1.83 bits per heavy atom. The monoisotopic (exact) mass is 172 g/mol. The first-order chi connectivity index (χ1) is 5.30. The number of rotatable bonds is 1. The van der Waals surface area contributed by atoms with Crippen molar-refractivity contribution in [3.8, 4) is 0 Å². The number of nitrogens with zero attached hydrogens (tertiary/aromatic N) is 2. The number of carbonyl (C=O) groups excluding carboxylic acids is 1.